The van der Waals surface area contributed by atoms with E-state index in [-0.39, 0.29) is 23.6 Å². The summed E-state index contributed by atoms with van der Waals surface area (Å²) < 4.78 is 45.9. The molecule has 3 rings (SSSR count). The van der Waals surface area contributed by atoms with Gasteiger partial charge in [-0.1, -0.05) is 39.0 Å². The van der Waals surface area contributed by atoms with Crippen molar-refractivity contribution in [1.82, 2.24) is 4.90 Å². The fourth-order valence-corrected chi connectivity index (χ4v) is 4.65. The minimum atomic E-state index is -4.71. The number of carbonyl (C=O) groups is 3. The minimum Gasteiger partial charge on any atom is -0.480 e. The van der Waals surface area contributed by atoms with Crippen LogP contribution in [-0.4, -0.2) is 40.6 Å². The lowest BCUT2D eigenvalue weighted by atomic mass is 9.82. The summed E-state index contributed by atoms with van der Waals surface area (Å²) in [5, 5.41) is 19.5. The Balaban J connectivity index is 2.42. The maximum Gasteiger partial charge on any atom is 0.416 e. The van der Waals surface area contributed by atoms with Gasteiger partial charge in [0.25, 0.3) is 0 Å². The van der Waals surface area contributed by atoms with Crippen molar-refractivity contribution in [2.45, 2.75) is 52.9 Å². The van der Waals surface area contributed by atoms with Gasteiger partial charge in [0.2, 0.25) is 0 Å². The number of carboxylic acids is 1. The molecule has 0 bridgehead atoms. The van der Waals surface area contributed by atoms with E-state index in [1.165, 1.54) is 37.3 Å². The van der Waals surface area contributed by atoms with Crippen LogP contribution in [0.15, 0.2) is 59.8 Å². The van der Waals surface area contributed by atoms with Gasteiger partial charge >= 0.3 is 24.1 Å². The zero-order chi connectivity index (χ0) is 29.3. The lowest BCUT2D eigenvalue weighted by molar-refractivity contribution is -0.148. The Morgan fingerprint density at radius 2 is 1.74 bits per heavy atom. The number of aliphatic carboxylic acids is 1. The summed E-state index contributed by atoms with van der Waals surface area (Å²) in [6.07, 6.45) is -4.71. The van der Waals surface area contributed by atoms with E-state index in [9.17, 15) is 37.9 Å². The van der Waals surface area contributed by atoms with Crippen LogP contribution in [0, 0.1) is 16.7 Å². The molecule has 0 aromatic heterocycles. The van der Waals surface area contributed by atoms with Crippen LogP contribution in [0.3, 0.4) is 0 Å². The van der Waals surface area contributed by atoms with Crippen LogP contribution in [0.4, 0.5) is 23.7 Å². The van der Waals surface area contributed by atoms with E-state index in [2.05, 4.69) is 0 Å². The number of allylic oxidation sites excluding steroid dienone is 1. The number of esters is 1. The standard InChI is InChI=1S/C28H28F3N3O5/c1-6-39-25(37)21-16(2)33(20-9-7-8-19(14-20)28(29,30)31)26(38)34(23(24(35)36)27(3,4)5)22(21)18-12-10-17(15-32)11-13-18/h7-14,22-23H,6H2,1-5H3,(H,35,36)/t22-,23?/m1/s1. The number of hydrogen-bond donors (Lipinski definition) is 1. The summed E-state index contributed by atoms with van der Waals surface area (Å²) in [5.41, 5.74) is -1.81. The van der Waals surface area contributed by atoms with Gasteiger partial charge in [-0.05, 0) is 55.2 Å². The normalized spacial score (nSPS) is 17.1. The van der Waals surface area contributed by atoms with E-state index in [0.717, 1.165) is 28.0 Å². The van der Waals surface area contributed by atoms with E-state index in [0.29, 0.717) is 11.1 Å². The number of alkyl halides is 3. The number of halogens is 3. The van der Waals surface area contributed by atoms with E-state index < -0.39 is 47.2 Å². The second-order valence-electron chi connectivity index (χ2n) is 10.0. The lowest BCUT2D eigenvalue weighted by Crippen LogP contribution is -2.60. The first kappa shape index (κ1) is 29.2. The first-order valence-electron chi connectivity index (χ1n) is 12.0. The Bertz CT molecular complexity index is 1350. The average molecular weight is 544 g/mol. The molecule has 206 valence electrons. The molecule has 0 fully saturated rings. The maximum atomic E-state index is 14.2. The number of carbonyl (C=O) groups excluding carboxylic acids is 2. The molecule has 11 heteroatoms. The fraction of sp³-hybridized carbons (Fsp3) is 0.357. The molecule has 1 N–H and O–H groups in total. The van der Waals surface area contributed by atoms with Crippen LogP contribution < -0.4 is 4.90 Å². The van der Waals surface area contributed by atoms with Crippen molar-refractivity contribution in [1.29, 1.82) is 5.26 Å². The van der Waals surface area contributed by atoms with Gasteiger partial charge in [-0.2, -0.15) is 18.4 Å². The SMILES string of the molecule is CCOC(=O)C1=C(C)N(c2cccc(C(F)(F)F)c2)C(=O)N(C(C(=O)O)C(C)(C)C)[C@@H]1c1ccc(C#N)cc1. The lowest BCUT2D eigenvalue weighted by Gasteiger charge is -2.48. The number of nitrogens with zero attached hydrogens (tertiary/aromatic N) is 3. The van der Waals surface area contributed by atoms with Crippen LogP contribution in [0.25, 0.3) is 0 Å². The highest BCUT2D eigenvalue weighted by Crippen LogP contribution is 2.44. The smallest absolute Gasteiger partial charge is 0.416 e. The Labute approximate surface area is 223 Å². The van der Waals surface area contributed by atoms with Gasteiger partial charge < -0.3 is 9.84 Å². The number of ether oxygens (including phenoxy) is 1. The number of anilines is 1. The number of benzene rings is 2. The van der Waals surface area contributed by atoms with Gasteiger partial charge in [0.05, 0.1) is 41.1 Å². The first-order chi connectivity index (χ1) is 18.1. The van der Waals surface area contributed by atoms with Crippen molar-refractivity contribution in [3.8, 4) is 6.07 Å². The number of nitriles is 1. The van der Waals surface area contributed by atoms with Crippen molar-refractivity contribution in [3.05, 3.63) is 76.5 Å². The average Bonchev–Trinajstić information content (AvgIpc) is 2.84. The van der Waals surface area contributed by atoms with Crippen molar-refractivity contribution in [3.63, 3.8) is 0 Å². The Hall–Kier alpha value is -4.33. The molecule has 0 saturated carbocycles. The molecule has 0 spiro atoms. The zero-order valence-electron chi connectivity index (χ0n) is 22.0. The van der Waals surface area contributed by atoms with Crippen molar-refractivity contribution in [2.24, 2.45) is 5.41 Å². The second-order valence-corrected chi connectivity index (χ2v) is 10.0. The van der Waals surface area contributed by atoms with E-state index in [4.69, 9.17) is 4.74 Å². The third-order valence-corrected chi connectivity index (χ3v) is 6.30. The van der Waals surface area contributed by atoms with Gasteiger partial charge in [-0.25, -0.2) is 14.4 Å². The quantitative estimate of drug-likeness (QED) is 0.455. The summed E-state index contributed by atoms with van der Waals surface area (Å²) in [5.74, 6) is -2.24. The highest BCUT2D eigenvalue weighted by atomic mass is 19.4. The molecular weight excluding hydrogens is 515 g/mol. The first-order valence-corrected chi connectivity index (χ1v) is 12.0. The van der Waals surface area contributed by atoms with Gasteiger partial charge in [0, 0.05) is 5.70 Å². The Morgan fingerprint density at radius 3 is 2.23 bits per heavy atom. The summed E-state index contributed by atoms with van der Waals surface area (Å²) >= 11 is 0. The molecule has 8 nitrogen and oxygen atoms in total. The van der Waals surface area contributed by atoms with Gasteiger partial charge in [0.1, 0.15) is 6.04 Å². The summed E-state index contributed by atoms with van der Waals surface area (Å²) in [6.45, 7) is 7.70. The molecule has 2 aromatic carbocycles. The van der Waals surface area contributed by atoms with Crippen molar-refractivity contribution < 1.29 is 37.4 Å². The summed E-state index contributed by atoms with van der Waals surface area (Å²) in [7, 11) is 0. The van der Waals surface area contributed by atoms with Crippen molar-refractivity contribution in [2.75, 3.05) is 11.5 Å². The molecule has 2 aromatic rings. The van der Waals surface area contributed by atoms with Gasteiger partial charge in [-0.15, -0.1) is 0 Å². The highest BCUT2D eigenvalue weighted by molar-refractivity contribution is 6.04. The molecule has 0 aliphatic carbocycles. The number of amides is 2. The van der Waals surface area contributed by atoms with Crippen LogP contribution >= 0.6 is 0 Å². The molecule has 39 heavy (non-hydrogen) atoms. The van der Waals surface area contributed by atoms with Crippen LogP contribution in [-0.2, 0) is 20.5 Å². The molecule has 1 unspecified atom stereocenters. The molecule has 1 heterocycles. The predicted octanol–water partition coefficient (Wildman–Crippen LogP) is 5.90. The van der Waals surface area contributed by atoms with Crippen LogP contribution in [0.1, 0.15) is 57.4 Å². The number of urea groups is 1. The zero-order valence-corrected chi connectivity index (χ0v) is 22.0. The third-order valence-electron chi connectivity index (χ3n) is 6.30. The van der Waals surface area contributed by atoms with Crippen LogP contribution in [0.5, 0.6) is 0 Å². The number of hydrogen-bond acceptors (Lipinski definition) is 5. The highest BCUT2D eigenvalue weighted by Gasteiger charge is 2.51. The predicted molar refractivity (Wildman–Crippen MR) is 135 cm³/mol. The van der Waals surface area contributed by atoms with Crippen LogP contribution in [0.2, 0.25) is 0 Å². The molecule has 1 aliphatic heterocycles. The van der Waals surface area contributed by atoms with E-state index >= 15 is 0 Å². The molecule has 1 aliphatic rings. The Kier molecular flexibility index (Phi) is 8.10. The molecule has 0 radical (unpaired) electrons. The largest absolute Gasteiger partial charge is 0.480 e. The number of carboxylic acid groups (broad SMARTS) is 1. The monoisotopic (exact) mass is 543 g/mol. The fourth-order valence-electron chi connectivity index (χ4n) is 4.65. The Morgan fingerprint density at radius 1 is 1.13 bits per heavy atom. The molecular formula is C28H28F3N3O5. The van der Waals surface area contributed by atoms with Crippen molar-refractivity contribution >= 4 is 23.7 Å². The van der Waals surface area contributed by atoms with Gasteiger partial charge in [0.15, 0.2) is 0 Å². The topological polar surface area (TPSA) is 111 Å². The molecule has 2 atom stereocenters. The second kappa shape index (κ2) is 10.8. The van der Waals surface area contributed by atoms with E-state index in [1.807, 2.05) is 6.07 Å². The minimum absolute atomic E-state index is 0.0126. The number of rotatable bonds is 6. The van der Waals surface area contributed by atoms with E-state index in [1.54, 1.807) is 27.7 Å². The summed E-state index contributed by atoms with van der Waals surface area (Å²) in [4.78, 5) is 42.1. The maximum absolute atomic E-state index is 14.2. The van der Waals surface area contributed by atoms with Gasteiger partial charge in [-0.3, -0.25) is 9.80 Å². The third kappa shape index (κ3) is 5.74. The summed E-state index contributed by atoms with van der Waals surface area (Å²) in [6, 6.07) is 8.16. The molecule has 0 saturated heterocycles. The molecule has 2 amide bonds.